The second kappa shape index (κ2) is 7.02. The predicted octanol–water partition coefficient (Wildman–Crippen LogP) is 4.40. The van der Waals surface area contributed by atoms with Crippen LogP contribution in [-0.4, -0.2) is 20.7 Å². The second-order valence-corrected chi connectivity index (χ2v) is 10.4. The molecule has 0 spiro atoms. The highest BCUT2D eigenvalue weighted by molar-refractivity contribution is 6.13. The third-order valence-electron chi connectivity index (χ3n) is 8.66. The van der Waals surface area contributed by atoms with Gasteiger partial charge in [0.1, 0.15) is 0 Å². The minimum Gasteiger partial charge on any atom is -0.361 e. The van der Waals surface area contributed by atoms with Gasteiger partial charge < -0.3 is 20.3 Å². The van der Waals surface area contributed by atoms with Crippen LogP contribution < -0.4 is 16.0 Å². The fraction of sp³-hybridized carbons (Fsp3) is 0.345. The quantitative estimate of drug-likeness (QED) is 0.408. The zero-order valence-electron chi connectivity index (χ0n) is 21.0. The molecule has 3 aromatic heterocycles. The average molecular weight is 453 g/mol. The molecule has 5 heteroatoms. The fourth-order valence-electron chi connectivity index (χ4n) is 5.81. The van der Waals surface area contributed by atoms with E-state index in [-0.39, 0.29) is 5.78 Å². The molecule has 1 saturated heterocycles. The maximum absolute atomic E-state index is 13.1. The average Bonchev–Trinajstić information content (AvgIpc) is 3.52. The van der Waals surface area contributed by atoms with Crippen molar-refractivity contribution in [2.75, 3.05) is 0 Å². The van der Waals surface area contributed by atoms with Gasteiger partial charge in [-0.3, -0.25) is 4.79 Å². The number of H-pyrrole nitrogens is 3. The first-order chi connectivity index (χ1) is 16.2. The molecule has 1 aliphatic carbocycles. The van der Waals surface area contributed by atoms with Gasteiger partial charge in [-0.15, -0.1) is 0 Å². The molecular weight excluding hydrogens is 420 g/mol. The molecule has 6 rings (SSSR count). The number of aromatic amines is 3. The maximum atomic E-state index is 13.1. The van der Waals surface area contributed by atoms with Crippen molar-refractivity contribution in [1.82, 2.24) is 20.3 Å². The first kappa shape index (κ1) is 21.1. The lowest BCUT2D eigenvalue weighted by molar-refractivity contribution is 0.100. The maximum Gasteiger partial charge on any atom is 0.169 e. The molecule has 2 atom stereocenters. The number of Topliss-reactive ketones (excluding diaryl/α,β-unsaturated/α-hetero) is 1. The molecule has 0 saturated carbocycles. The fourth-order valence-corrected chi connectivity index (χ4v) is 5.81. The van der Waals surface area contributed by atoms with E-state index >= 15 is 0 Å². The largest absolute Gasteiger partial charge is 0.361 e. The van der Waals surface area contributed by atoms with Crippen LogP contribution in [0.2, 0.25) is 0 Å². The Morgan fingerprint density at radius 3 is 1.94 bits per heavy atom. The van der Waals surface area contributed by atoms with Crippen LogP contribution in [0.5, 0.6) is 0 Å². The van der Waals surface area contributed by atoms with E-state index in [0.717, 1.165) is 50.2 Å². The van der Waals surface area contributed by atoms with E-state index in [1.807, 2.05) is 0 Å². The number of hydrogen-bond acceptors (Lipinski definition) is 2. The predicted molar refractivity (Wildman–Crippen MR) is 138 cm³/mol. The number of carbonyl (C=O) groups excluding carboxylic acids is 1. The molecule has 34 heavy (non-hydrogen) atoms. The Morgan fingerprint density at radius 2 is 1.29 bits per heavy atom. The summed E-state index contributed by atoms with van der Waals surface area (Å²) in [6, 6.07) is 0. The van der Waals surface area contributed by atoms with Crippen LogP contribution in [0.3, 0.4) is 0 Å². The number of fused-ring (bicyclic) bond motifs is 7. The first-order valence-electron chi connectivity index (χ1n) is 12.2. The Morgan fingerprint density at radius 1 is 0.706 bits per heavy atom. The lowest BCUT2D eigenvalue weighted by Crippen LogP contribution is -2.12. The molecule has 1 fully saturated rings. The van der Waals surface area contributed by atoms with Gasteiger partial charge in [0.25, 0.3) is 0 Å². The van der Waals surface area contributed by atoms with E-state index < -0.39 is 0 Å². The van der Waals surface area contributed by atoms with Crippen LogP contribution in [-0.2, 0) is 0 Å². The van der Waals surface area contributed by atoms with Gasteiger partial charge in [0, 0.05) is 68.6 Å². The highest BCUT2D eigenvalue weighted by atomic mass is 16.1. The van der Waals surface area contributed by atoms with Crippen molar-refractivity contribution in [1.29, 1.82) is 0 Å². The Balaban J connectivity index is 1.72. The van der Waals surface area contributed by atoms with Crippen LogP contribution in [0.15, 0.2) is 11.4 Å². The van der Waals surface area contributed by atoms with Gasteiger partial charge in [-0.25, -0.2) is 0 Å². The van der Waals surface area contributed by atoms with Crippen LogP contribution in [0.25, 0.3) is 23.8 Å². The molecule has 0 amide bonds. The third kappa shape index (κ3) is 2.76. The smallest absolute Gasteiger partial charge is 0.169 e. The van der Waals surface area contributed by atoms with Crippen molar-refractivity contribution in [3.63, 3.8) is 0 Å². The van der Waals surface area contributed by atoms with Crippen LogP contribution in [0, 0.1) is 46.5 Å². The molecule has 3 aromatic rings. The summed E-state index contributed by atoms with van der Waals surface area (Å²) in [6.07, 6.45) is 7.10. The standard InChI is InChI=1S/C29H32N4O/c1-12-14(3)22-10-24-16(5)17(6)28(32-24)19-8-26(34)27-18(7)25(33-29(19)27)11-23-15(4)13(2)21(31-23)9-20(12)30-22/h9-11,16-17,30-33H,8H2,1-7H3/b21-9-,23-11-,24-10-,28-19-/t16-,17-/m0/s1. The van der Waals surface area contributed by atoms with Gasteiger partial charge in [0.15, 0.2) is 5.78 Å². The van der Waals surface area contributed by atoms with Gasteiger partial charge in [-0.2, -0.15) is 0 Å². The van der Waals surface area contributed by atoms with Gasteiger partial charge in [0.05, 0.1) is 5.69 Å². The summed E-state index contributed by atoms with van der Waals surface area (Å²) in [6.45, 7) is 15.3. The normalized spacial score (nSPS) is 26.6. The Hall–Kier alpha value is -3.47. The molecule has 0 radical (unpaired) electrons. The van der Waals surface area contributed by atoms with Crippen molar-refractivity contribution >= 4 is 29.6 Å². The van der Waals surface area contributed by atoms with E-state index in [1.165, 1.54) is 33.6 Å². The summed E-state index contributed by atoms with van der Waals surface area (Å²) < 4.78 is 0. The van der Waals surface area contributed by atoms with Gasteiger partial charge in [0.2, 0.25) is 0 Å². The number of rotatable bonds is 0. The zero-order valence-corrected chi connectivity index (χ0v) is 21.0. The van der Waals surface area contributed by atoms with E-state index in [1.54, 1.807) is 0 Å². The van der Waals surface area contributed by atoms with Crippen LogP contribution >= 0.6 is 0 Å². The van der Waals surface area contributed by atoms with Gasteiger partial charge in [-0.1, -0.05) is 13.8 Å². The molecule has 5 nitrogen and oxygen atoms in total. The van der Waals surface area contributed by atoms with Crippen molar-refractivity contribution in [3.05, 3.63) is 78.2 Å². The van der Waals surface area contributed by atoms with E-state index in [2.05, 4.69) is 87.0 Å². The summed E-state index contributed by atoms with van der Waals surface area (Å²) in [5, 5.41) is 5.91. The van der Waals surface area contributed by atoms with Crippen molar-refractivity contribution in [3.8, 4) is 0 Å². The Kier molecular flexibility index (Phi) is 4.35. The van der Waals surface area contributed by atoms with E-state index in [0.29, 0.717) is 18.3 Å². The van der Waals surface area contributed by atoms with Gasteiger partial charge >= 0.3 is 0 Å². The lowest BCUT2D eigenvalue weighted by atomic mass is 9.92. The Bertz CT molecular complexity index is 1600. The lowest BCUT2D eigenvalue weighted by Gasteiger charge is -2.11. The monoisotopic (exact) mass is 452 g/mol. The highest BCUT2D eigenvalue weighted by Crippen LogP contribution is 2.43. The van der Waals surface area contributed by atoms with E-state index in [9.17, 15) is 4.79 Å². The molecule has 2 aliphatic heterocycles. The molecule has 4 N–H and O–H groups in total. The summed E-state index contributed by atoms with van der Waals surface area (Å²) in [5.41, 5.74) is 14.6. The summed E-state index contributed by atoms with van der Waals surface area (Å²) in [5.74, 6) is 0.856. The second-order valence-electron chi connectivity index (χ2n) is 10.4. The minimum atomic E-state index is 0.208. The topological polar surface area (TPSA) is 76.5 Å². The molecule has 174 valence electrons. The molecule has 8 bridgehead atoms. The zero-order chi connectivity index (χ0) is 24.0. The van der Waals surface area contributed by atoms with E-state index in [4.69, 9.17) is 0 Å². The minimum absolute atomic E-state index is 0.208. The highest BCUT2D eigenvalue weighted by Gasteiger charge is 2.37. The summed E-state index contributed by atoms with van der Waals surface area (Å²) >= 11 is 0. The third-order valence-corrected chi connectivity index (χ3v) is 8.66. The van der Waals surface area contributed by atoms with Crippen molar-refractivity contribution in [2.24, 2.45) is 11.8 Å². The number of nitrogens with one attached hydrogen (secondary N) is 4. The van der Waals surface area contributed by atoms with Crippen molar-refractivity contribution in [2.45, 2.75) is 54.9 Å². The summed E-state index contributed by atoms with van der Waals surface area (Å²) in [7, 11) is 0. The Labute approximate surface area is 199 Å². The number of carbonyl (C=O) groups is 1. The SMILES string of the molecule is Cc1c2[nH]c(c1C)/C=c1\[nH]/c(c(C)c1C)=C\c1[nH]c3c(c1C)C(=O)C/C3=C1/N/C(=C\2)[C@@H](C)[C@@H]1C. The van der Waals surface area contributed by atoms with Crippen LogP contribution in [0.4, 0.5) is 0 Å². The summed E-state index contributed by atoms with van der Waals surface area (Å²) in [4.78, 5) is 24.1. The number of aromatic nitrogens is 3. The molecule has 0 unspecified atom stereocenters. The number of allylic oxidation sites excluding steroid dienone is 3. The molecule has 0 aromatic carbocycles. The molecule has 3 aliphatic rings. The van der Waals surface area contributed by atoms with Crippen LogP contribution in [0.1, 0.15) is 81.2 Å². The first-order valence-corrected chi connectivity index (χ1v) is 12.2. The van der Waals surface area contributed by atoms with Crippen molar-refractivity contribution < 1.29 is 4.79 Å². The number of ketones is 1. The molecular formula is C29H32N4O. The van der Waals surface area contributed by atoms with Gasteiger partial charge in [-0.05, 0) is 80.7 Å². The number of hydrogen-bond donors (Lipinski definition) is 4. The molecule has 5 heterocycles.